The molecule has 0 radical (unpaired) electrons. The zero-order chi connectivity index (χ0) is 14.7. The minimum Gasteiger partial charge on any atom is -0.507 e. The van der Waals surface area contributed by atoms with E-state index in [1.54, 1.807) is 12.1 Å². The lowest BCUT2D eigenvalue weighted by Gasteiger charge is -2.17. The van der Waals surface area contributed by atoms with Gasteiger partial charge in [-0.25, -0.2) is 5.43 Å². The topological polar surface area (TPSA) is 131 Å². The van der Waals surface area contributed by atoms with E-state index in [1.807, 2.05) is 0 Å². The van der Waals surface area contributed by atoms with Crippen molar-refractivity contribution in [1.82, 2.24) is 10.9 Å². The minimum absolute atomic E-state index is 0.0479. The van der Waals surface area contributed by atoms with Crippen molar-refractivity contribution in [2.45, 2.75) is 24.5 Å². The van der Waals surface area contributed by atoms with Gasteiger partial charge in [0.15, 0.2) is 6.23 Å². The minimum atomic E-state index is -1.29. The van der Waals surface area contributed by atoms with Gasteiger partial charge in [-0.1, -0.05) is 12.1 Å². The normalized spacial score (nSPS) is 29.4. The summed E-state index contributed by atoms with van der Waals surface area (Å²) in [6.45, 7) is -0.455. The van der Waals surface area contributed by atoms with E-state index < -0.39 is 37.1 Å². The van der Waals surface area contributed by atoms with Crippen LogP contribution in [0.5, 0.6) is 5.75 Å². The fraction of sp³-hybridized carbons (Fsp3) is 0.417. The van der Waals surface area contributed by atoms with Crippen LogP contribution in [-0.2, 0) is 4.74 Å². The largest absolute Gasteiger partial charge is 0.507 e. The smallest absolute Gasteiger partial charge is 0.269 e. The Morgan fingerprint density at radius 2 is 1.95 bits per heavy atom. The Bertz CT molecular complexity index is 483. The molecular weight excluding hydrogens is 268 g/mol. The molecule has 8 nitrogen and oxygen atoms in total. The average molecular weight is 284 g/mol. The van der Waals surface area contributed by atoms with Crippen LogP contribution < -0.4 is 10.9 Å². The summed E-state index contributed by atoms with van der Waals surface area (Å²) < 4.78 is 5.11. The molecule has 0 unspecified atom stereocenters. The molecule has 1 aliphatic heterocycles. The molecule has 6 N–H and O–H groups in total. The zero-order valence-corrected chi connectivity index (χ0v) is 10.4. The van der Waals surface area contributed by atoms with Crippen LogP contribution in [0.2, 0.25) is 0 Å². The Balaban J connectivity index is 1.93. The fourth-order valence-electron chi connectivity index (χ4n) is 1.89. The number of aromatic hydroxyl groups is 1. The number of para-hydroxylation sites is 1. The number of hydrazine groups is 1. The van der Waals surface area contributed by atoms with Crippen LogP contribution in [0, 0.1) is 0 Å². The van der Waals surface area contributed by atoms with E-state index >= 15 is 0 Å². The van der Waals surface area contributed by atoms with E-state index in [0.29, 0.717) is 0 Å². The molecular formula is C12H16N2O6. The Labute approximate surface area is 114 Å². The molecule has 8 heteroatoms. The van der Waals surface area contributed by atoms with Crippen molar-refractivity contribution < 1.29 is 30.0 Å². The van der Waals surface area contributed by atoms with Crippen LogP contribution in [0.25, 0.3) is 0 Å². The van der Waals surface area contributed by atoms with E-state index in [2.05, 4.69) is 10.9 Å². The van der Waals surface area contributed by atoms with Gasteiger partial charge in [0.2, 0.25) is 0 Å². The Morgan fingerprint density at radius 3 is 2.55 bits per heavy atom. The number of rotatable bonds is 4. The molecule has 1 amide bonds. The van der Waals surface area contributed by atoms with Crippen LogP contribution in [0.15, 0.2) is 24.3 Å². The number of aliphatic hydroxyl groups excluding tert-OH is 3. The first-order chi connectivity index (χ1) is 9.54. The third-order valence-electron chi connectivity index (χ3n) is 3.02. The third kappa shape index (κ3) is 2.89. The van der Waals surface area contributed by atoms with Crippen molar-refractivity contribution in [3.63, 3.8) is 0 Å². The second kappa shape index (κ2) is 6.16. The van der Waals surface area contributed by atoms with Gasteiger partial charge >= 0.3 is 0 Å². The lowest BCUT2D eigenvalue weighted by Crippen LogP contribution is -2.49. The van der Waals surface area contributed by atoms with E-state index in [0.717, 1.165) is 0 Å². The lowest BCUT2D eigenvalue weighted by molar-refractivity contribution is -0.0375. The highest BCUT2D eigenvalue weighted by Crippen LogP contribution is 2.19. The molecule has 1 aromatic rings. The van der Waals surface area contributed by atoms with Gasteiger partial charge in [0, 0.05) is 0 Å². The maximum absolute atomic E-state index is 11.8. The Hall–Kier alpha value is -1.71. The van der Waals surface area contributed by atoms with Crippen molar-refractivity contribution in [1.29, 1.82) is 0 Å². The summed E-state index contributed by atoms with van der Waals surface area (Å²) in [5.74, 6) is -0.811. The molecule has 1 aliphatic rings. The van der Waals surface area contributed by atoms with Crippen molar-refractivity contribution in [2.24, 2.45) is 0 Å². The van der Waals surface area contributed by atoms with Gasteiger partial charge in [-0.15, -0.1) is 0 Å². The number of phenols is 1. The summed E-state index contributed by atoms with van der Waals surface area (Å²) in [4.78, 5) is 11.8. The fourth-order valence-corrected chi connectivity index (χ4v) is 1.89. The molecule has 0 saturated carbocycles. The third-order valence-corrected chi connectivity index (χ3v) is 3.02. The molecule has 4 atom stereocenters. The van der Waals surface area contributed by atoms with Gasteiger partial charge in [0.05, 0.1) is 12.2 Å². The van der Waals surface area contributed by atoms with Gasteiger partial charge in [-0.2, -0.15) is 0 Å². The maximum Gasteiger partial charge on any atom is 0.269 e. The van der Waals surface area contributed by atoms with Crippen LogP contribution in [0.1, 0.15) is 10.4 Å². The van der Waals surface area contributed by atoms with E-state index in [-0.39, 0.29) is 11.3 Å². The van der Waals surface area contributed by atoms with Gasteiger partial charge in [-0.3, -0.25) is 10.2 Å². The number of hydrogen-bond acceptors (Lipinski definition) is 7. The summed E-state index contributed by atoms with van der Waals surface area (Å²) in [6, 6.07) is 5.94. The first-order valence-electron chi connectivity index (χ1n) is 6.01. The number of hydrogen-bond donors (Lipinski definition) is 6. The monoisotopic (exact) mass is 284 g/mol. The molecule has 0 aliphatic carbocycles. The van der Waals surface area contributed by atoms with Crippen molar-refractivity contribution in [2.75, 3.05) is 6.61 Å². The SMILES string of the molecule is O=C(NN[C@@H]1O[C@@H](CO)[C@@H](O)[C@H]1O)c1ccccc1O. The molecule has 1 fully saturated rings. The highest BCUT2D eigenvalue weighted by atomic mass is 16.6. The van der Waals surface area contributed by atoms with E-state index in [4.69, 9.17) is 9.84 Å². The Kier molecular flexibility index (Phi) is 4.53. The van der Waals surface area contributed by atoms with E-state index in [1.165, 1.54) is 12.1 Å². The van der Waals surface area contributed by atoms with Crippen LogP contribution in [0.4, 0.5) is 0 Å². The summed E-state index contributed by atoms with van der Waals surface area (Å²) in [7, 11) is 0. The standard InChI is InChI=1S/C12H16N2O6/c15-5-8-9(17)10(18)12(20-8)14-13-11(19)6-3-1-2-4-7(6)16/h1-4,8-10,12,14-18H,5H2,(H,13,19)/t8-,9+,10+,12+/m0/s1. The maximum atomic E-state index is 11.8. The molecule has 0 aromatic heterocycles. The molecule has 2 rings (SSSR count). The number of nitrogens with one attached hydrogen (secondary N) is 2. The van der Waals surface area contributed by atoms with Gasteiger partial charge in [0.1, 0.15) is 24.1 Å². The predicted molar refractivity (Wildman–Crippen MR) is 66.5 cm³/mol. The molecule has 1 heterocycles. The predicted octanol–water partition coefficient (Wildman–Crippen LogP) is -1.93. The number of amides is 1. The van der Waals surface area contributed by atoms with Crippen molar-refractivity contribution in [3.05, 3.63) is 29.8 Å². The molecule has 0 spiro atoms. The van der Waals surface area contributed by atoms with Gasteiger partial charge in [0.25, 0.3) is 5.91 Å². The quantitative estimate of drug-likeness (QED) is 0.355. The summed E-state index contributed by atoms with van der Waals surface area (Å²) in [6.07, 6.45) is -4.53. The molecule has 0 bridgehead atoms. The first kappa shape index (κ1) is 14.7. The molecule has 20 heavy (non-hydrogen) atoms. The second-order valence-electron chi connectivity index (χ2n) is 4.37. The first-order valence-corrected chi connectivity index (χ1v) is 6.01. The number of carbonyl (C=O) groups excluding carboxylic acids is 1. The number of ether oxygens (including phenoxy) is 1. The Morgan fingerprint density at radius 1 is 1.25 bits per heavy atom. The molecule has 1 aromatic carbocycles. The van der Waals surface area contributed by atoms with Crippen molar-refractivity contribution in [3.8, 4) is 5.75 Å². The average Bonchev–Trinajstić information content (AvgIpc) is 2.72. The number of phenolic OH excluding ortho intramolecular Hbond substituents is 1. The van der Waals surface area contributed by atoms with Gasteiger partial charge in [-0.05, 0) is 12.1 Å². The molecule has 110 valence electrons. The summed E-state index contributed by atoms with van der Waals surface area (Å²) >= 11 is 0. The highest BCUT2D eigenvalue weighted by Gasteiger charge is 2.42. The van der Waals surface area contributed by atoms with E-state index in [9.17, 15) is 20.1 Å². The number of carbonyl (C=O) groups is 1. The second-order valence-corrected chi connectivity index (χ2v) is 4.37. The summed E-state index contributed by atoms with van der Waals surface area (Å²) in [5, 5.41) is 37.6. The highest BCUT2D eigenvalue weighted by molar-refractivity contribution is 5.96. The number of aliphatic hydroxyl groups is 3. The van der Waals surface area contributed by atoms with Gasteiger partial charge < -0.3 is 25.2 Å². The zero-order valence-electron chi connectivity index (χ0n) is 10.4. The number of benzene rings is 1. The molecule has 1 saturated heterocycles. The van der Waals surface area contributed by atoms with Crippen molar-refractivity contribution >= 4 is 5.91 Å². The lowest BCUT2D eigenvalue weighted by atomic mass is 10.1. The van der Waals surface area contributed by atoms with Crippen LogP contribution in [-0.4, -0.2) is 57.5 Å². The summed E-state index contributed by atoms with van der Waals surface area (Å²) in [5.41, 5.74) is 4.70. The van der Waals surface area contributed by atoms with Crippen LogP contribution >= 0.6 is 0 Å². The van der Waals surface area contributed by atoms with Crippen LogP contribution in [0.3, 0.4) is 0 Å².